The Labute approximate surface area is 132 Å². The summed E-state index contributed by atoms with van der Waals surface area (Å²) in [7, 11) is 1.71. The van der Waals surface area contributed by atoms with Gasteiger partial charge < -0.3 is 14.7 Å². The van der Waals surface area contributed by atoms with E-state index in [-0.39, 0.29) is 17.4 Å². The maximum Gasteiger partial charge on any atom is 0.233 e. The lowest BCUT2D eigenvalue weighted by molar-refractivity contribution is -0.128. The number of anilines is 1. The zero-order valence-electron chi connectivity index (χ0n) is 13.3. The van der Waals surface area contributed by atoms with Gasteiger partial charge >= 0.3 is 0 Å². The van der Waals surface area contributed by atoms with Crippen LogP contribution in [0.15, 0.2) is 24.3 Å². The number of rotatable bonds is 4. The molecule has 1 aromatic rings. The van der Waals surface area contributed by atoms with Gasteiger partial charge in [-0.2, -0.15) is 0 Å². The van der Waals surface area contributed by atoms with Crippen molar-refractivity contribution in [3.63, 3.8) is 0 Å². The molecule has 1 heterocycles. The highest BCUT2D eigenvalue weighted by Crippen LogP contribution is 2.45. The van der Waals surface area contributed by atoms with E-state index in [0.29, 0.717) is 6.61 Å². The second-order valence-electron chi connectivity index (χ2n) is 6.63. The molecule has 2 fully saturated rings. The summed E-state index contributed by atoms with van der Waals surface area (Å²) >= 11 is 0. The number of methoxy groups -OCH3 is 1. The third-order valence-corrected chi connectivity index (χ3v) is 5.27. The van der Waals surface area contributed by atoms with Crippen LogP contribution in [0.1, 0.15) is 37.7 Å². The van der Waals surface area contributed by atoms with Crippen molar-refractivity contribution in [2.45, 2.75) is 44.6 Å². The van der Waals surface area contributed by atoms with Gasteiger partial charge in [-0.1, -0.05) is 12.1 Å². The molecule has 4 nitrogen and oxygen atoms in total. The third-order valence-electron chi connectivity index (χ3n) is 5.27. The molecule has 3 rings (SSSR count). The monoisotopic (exact) mass is 303 g/mol. The van der Waals surface area contributed by atoms with Crippen LogP contribution in [0.5, 0.6) is 0 Å². The summed E-state index contributed by atoms with van der Waals surface area (Å²) in [6, 6.07) is 8.24. The predicted molar refractivity (Wildman–Crippen MR) is 85.9 cm³/mol. The quantitative estimate of drug-likeness (QED) is 0.930. The van der Waals surface area contributed by atoms with Gasteiger partial charge in [0.1, 0.15) is 0 Å². The van der Waals surface area contributed by atoms with Gasteiger partial charge in [0, 0.05) is 19.3 Å². The Hall–Kier alpha value is -1.39. The maximum atomic E-state index is 12.9. The van der Waals surface area contributed by atoms with Crippen LogP contribution in [0.25, 0.3) is 0 Å². The minimum absolute atomic E-state index is 0.214. The fourth-order valence-corrected chi connectivity index (χ4v) is 3.75. The fraction of sp³-hybridized carbons (Fsp3) is 0.611. The summed E-state index contributed by atoms with van der Waals surface area (Å²) in [6.45, 7) is 1.51. The van der Waals surface area contributed by atoms with E-state index in [0.717, 1.165) is 50.8 Å². The van der Waals surface area contributed by atoms with Crippen molar-refractivity contribution in [2.24, 2.45) is 5.41 Å². The molecule has 120 valence electrons. The molecule has 1 saturated heterocycles. The molecule has 0 atom stereocenters. The van der Waals surface area contributed by atoms with E-state index in [1.165, 1.54) is 5.56 Å². The molecule has 1 aromatic carbocycles. The third kappa shape index (κ3) is 2.90. The first kappa shape index (κ1) is 15.5. The summed E-state index contributed by atoms with van der Waals surface area (Å²) in [6.07, 6.45) is 4.78. The van der Waals surface area contributed by atoms with Crippen molar-refractivity contribution in [2.75, 3.05) is 25.2 Å². The zero-order valence-corrected chi connectivity index (χ0v) is 13.3. The molecule has 1 aliphatic carbocycles. The standard InChI is InChI=1S/C18H25NO3/c1-22-13-8-14-2-4-15(5-3-14)19-12-11-18(17(19)21)9-6-16(20)7-10-18/h2-5,16,20H,6-13H2,1H3. The van der Waals surface area contributed by atoms with E-state index in [1.807, 2.05) is 17.0 Å². The van der Waals surface area contributed by atoms with Crippen molar-refractivity contribution in [1.82, 2.24) is 0 Å². The van der Waals surface area contributed by atoms with Crippen LogP contribution in [0.2, 0.25) is 0 Å². The Morgan fingerprint density at radius 3 is 2.55 bits per heavy atom. The van der Waals surface area contributed by atoms with Gasteiger partial charge in [0.25, 0.3) is 0 Å². The van der Waals surface area contributed by atoms with E-state index >= 15 is 0 Å². The molecule has 0 aromatic heterocycles. The molecule has 1 N–H and O–H groups in total. The number of carbonyl (C=O) groups is 1. The van der Waals surface area contributed by atoms with Crippen molar-refractivity contribution in [3.8, 4) is 0 Å². The second kappa shape index (κ2) is 6.39. The highest BCUT2D eigenvalue weighted by molar-refractivity contribution is 5.99. The van der Waals surface area contributed by atoms with Gasteiger partial charge in [0.05, 0.1) is 18.1 Å². The van der Waals surface area contributed by atoms with E-state index in [1.54, 1.807) is 7.11 Å². The van der Waals surface area contributed by atoms with Crippen molar-refractivity contribution in [3.05, 3.63) is 29.8 Å². The lowest BCUT2D eigenvalue weighted by Crippen LogP contribution is -2.38. The summed E-state index contributed by atoms with van der Waals surface area (Å²) in [5, 5.41) is 9.69. The minimum Gasteiger partial charge on any atom is -0.393 e. The molecule has 1 spiro atoms. The number of hydrogen-bond acceptors (Lipinski definition) is 3. The predicted octanol–water partition coefficient (Wildman–Crippen LogP) is 2.53. The molecule has 0 unspecified atom stereocenters. The first-order valence-corrected chi connectivity index (χ1v) is 8.22. The zero-order chi connectivity index (χ0) is 15.6. The number of ether oxygens (including phenoxy) is 1. The fourth-order valence-electron chi connectivity index (χ4n) is 3.75. The molecule has 2 aliphatic rings. The van der Waals surface area contributed by atoms with Gasteiger partial charge in [-0.3, -0.25) is 4.79 Å². The Morgan fingerprint density at radius 2 is 1.91 bits per heavy atom. The van der Waals surface area contributed by atoms with E-state index in [4.69, 9.17) is 4.74 Å². The molecular weight excluding hydrogens is 278 g/mol. The van der Waals surface area contributed by atoms with Gasteiger partial charge in [-0.15, -0.1) is 0 Å². The summed E-state index contributed by atoms with van der Waals surface area (Å²) < 4.78 is 5.09. The normalized spacial score (nSPS) is 28.5. The number of hydrogen-bond donors (Lipinski definition) is 1. The van der Waals surface area contributed by atoms with E-state index < -0.39 is 0 Å². The van der Waals surface area contributed by atoms with Gasteiger partial charge in [-0.05, 0) is 56.2 Å². The van der Waals surface area contributed by atoms with E-state index in [2.05, 4.69) is 12.1 Å². The van der Waals surface area contributed by atoms with Crippen molar-refractivity contribution >= 4 is 11.6 Å². The number of benzene rings is 1. The molecule has 1 saturated carbocycles. The SMILES string of the molecule is COCCc1ccc(N2CCC3(CCC(O)CC3)C2=O)cc1. The summed E-state index contributed by atoms with van der Waals surface area (Å²) in [5.41, 5.74) is 2.01. The van der Waals surface area contributed by atoms with Gasteiger partial charge in [0.2, 0.25) is 5.91 Å². The van der Waals surface area contributed by atoms with Crippen LogP contribution in [-0.4, -0.2) is 37.4 Å². The number of amides is 1. The van der Waals surface area contributed by atoms with E-state index in [9.17, 15) is 9.90 Å². The highest BCUT2D eigenvalue weighted by Gasteiger charge is 2.48. The maximum absolute atomic E-state index is 12.9. The largest absolute Gasteiger partial charge is 0.393 e. The first-order chi connectivity index (χ1) is 10.6. The average Bonchev–Trinajstić information content (AvgIpc) is 2.86. The van der Waals surface area contributed by atoms with Crippen molar-refractivity contribution in [1.29, 1.82) is 0 Å². The Morgan fingerprint density at radius 1 is 1.23 bits per heavy atom. The van der Waals surface area contributed by atoms with Gasteiger partial charge in [0.15, 0.2) is 0 Å². The molecule has 0 bridgehead atoms. The number of aliphatic hydroxyl groups is 1. The van der Waals surface area contributed by atoms with Crippen LogP contribution in [0.4, 0.5) is 5.69 Å². The molecule has 22 heavy (non-hydrogen) atoms. The Balaban J connectivity index is 1.69. The average molecular weight is 303 g/mol. The van der Waals surface area contributed by atoms with Crippen LogP contribution in [0, 0.1) is 5.41 Å². The lowest BCUT2D eigenvalue weighted by atomic mass is 9.72. The van der Waals surface area contributed by atoms with Crippen LogP contribution in [0.3, 0.4) is 0 Å². The first-order valence-electron chi connectivity index (χ1n) is 8.22. The minimum atomic E-state index is -0.215. The molecule has 0 radical (unpaired) electrons. The van der Waals surface area contributed by atoms with Crippen LogP contribution in [-0.2, 0) is 16.0 Å². The number of aliphatic hydroxyl groups excluding tert-OH is 1. The van der Waals surface area contributed by atoms with Crippen LogP contribution >= 0.6 is 0 Å². The summed E-state index contributed by atoms with van der Waals surface area (Å²) in [5.74, 6) is 0.254. The number of nitrogens with zero attached hydrogens (tertiary/aromatic N) is 1. The van der Waals surface area contributed by atoms with Gasteiger partial charge in [-0.25, -0.2) is 0 Å². The molecular formula is C18H25NO3. The topological polar surface area (TPSA) is 49.8 Å². The number of carbonyl (C=O) groups excluding carboxylic acids is 1. The van der Waals surface area contributed by atoms with Crippen molar-refractivity contribution < 1.29 is 14.6 Å². The lowest BCUT2D eigenvalue weighted by Gasteiger charge is -2.33. The smallest absolute Gasteiger partial charge is 0.233 e. The Bertz CT molecular complexity index is 518. The Kier molecular flexibility index (Phi) is 4.50. The summed E-state index contributed by atoms with van der Waals surface area (Å²) in [4.78, 5) is 14.8. The molecule has 4 heteroatoms. The van der Waals surface area contributed by atoms with Crippen LogP contribution < -0.4 is 4.90 Å². The molecule has 1 aliphatic heterocycles. The second-order valence-corrected chi connectivity index (χ2v) is 6.63. The highest BCUT2D eigenvalue weighted by atomic mass is 16.5. The molecule has 1 amide bonds.